The van der Waals surface area contributed by atoms with Crippen LogP contribution >= 0.6 is 0 Å². The van der Waals surface area contributed by atoms with Crippen LogP contribution in [0.2, 0.25) is 0 Å². The van der Waals surface area contributed by atoms with Crippen molar-refractivity contribution in [1.82, 2.24) is 0 Å². The van der Waals surface area contributed by atoms with Crippen molar-refractivity contribution in [2.75, 3.05) is 49.4 Å². The maximum atomic E-state index is 13.0. The number of amides is 2. The molecule has 0 saturated heterocycles. The van der Waals surface area contributed by atoms with Gasteiger partial charge in [-0.1, -0.05) is 51.5 Å². The summed E-state index contributed by atoms with van der Waals surface area (Å²) in [6.07, 6.45) is 0.195. The lowest BCUT2D eigenvalue weighted by Crippen LogP contribution is -2.32. The Bertz CT molecular complexity index is 947. The number of nitrogens with zero attached hydrogens (tertiary/aromatic N) is 1. The quantitative estimate of drug-likeness (QED) is 0.359. The molecule has 1 atom stereocenters. The first-order valence-electron chi connectivity index (χ1n) is 12.2. The van der Waals surface area contributed by atoms with E-state index in [0.717, 1.165) is 35.6 Å². The predicted molar refractivity (Wildman–Crippen MR) is 143 cm³/mol. The van der Waals surface area contributed by atoms with Crippen molar-refractivity contribution < 1.29 is 19.1 Å². The van der Waals surface area contributed by atoms with E-state index in [0.29, 0.717) is 24.1 Å². The highest BCUT2D eigenvalue weighted by Crippen LogP contribution is 2.33. The van der Waals surface area contributed by atoms with Crippen LogP contribution in [0, 0.1) is 18.8 Å². The zero-order chi connectivity index (χ0) is 26.0. The van der Waals surface area contributed by atoms with Gasteiger partial charge in [-0.2, -0.15) is 0 Å². The van der Waals surface area contributed by atoms with Crippen molar-refractivity contribution in [3.8, 4) is 0 Å². The fourth-order valence-electron chi connectivity index (χ4n) is 4.02. The molecular formula is C28H41N3O4. The van der Waals surface area contributed by atoms with Crippen LogP contribution in [0.25, 0.3) is 0 Å². The lowest BCUT2D eigenvalue weighted by atomic mass is 9.95. The Labute approximate surface area is 210 Å². The van der Waals surface area contributed by atoms with Gasteiger partial charge in [-0.15, -0.1) is 0 Å². The van der Waals surface area contributed by atoms with Crippen LogP contribution in [0.4, 0.5) is 21.9 Å². The Hall–Kier alpha value is -3.06. The molecule has 7 nitrogen and oxygen atoms in total. The largest absolute Gasteiger partial charge is 0.469 e. The first kappa shape index (κ1) is 28.2. The summed E-state index contributed by atoms with van der Waals surface area (Å²) in [7, 11) is 2.99. The Morgan fingerprint density at radius 3 is 2.09 bits per heavy atom. The molecule has 2 amide bonds. The van der Waals surface area contributed by atoms with Crippen molar-refractivity contribution >= 4 is 29.1 Å². The normalized spacial score (nSPS) is 11.9. The van der Waals surface area contributed by atoms with Gasteiger partial charge in [-0.25, -0.2) is 4.79 Å². The van der Waals surface area contributed by atoms with Gasteiger partial charge in [0, 0.05) is 31.8 Å². The Morgan fingerprint density at radius 2 is 1.54 bits per heavy atom. The highest BCUT2D eigenvalue weighted by molar-refractivity contribution is 6.02. The zero-order valence-corrected chi connectivity index (χ0v) is 22.2. The Balaban J connectivity index is 2.44. The molecule has 192 valence electrons. The third-order valence-corrected chi connectivity index (χ3v) is 5.57. The second kappa shape index (κ2) is 13.7. The topological polar surface area (TPSA) is 79.9 Å². The predicted octanol–water partition coefficient (Wildman–Crippen LogP) is 6.05. The number of aryl methyl sites for hydroxylation is 1. The van der Waals surface area contributed by atoms with E-state index in [9.17, 15) is 9.59 Å². The van der Waals surface area contributed by atoms with E-state index in [4.69, 9.17) is 9.47 Å². The van der Waals surface area contributed by atoms with E-state index in [2.05, 4.69) is 43.2 Å². The van der Waals surface area contributed by atoms with Crippen molar-refractivity contribution in [2.24, 2.45) is 11.8 Å². The second-order valence-electron chi connectivity index (χ2n) is 9.85. The number of esters is 1. The number of carbonyl (C=O) groups excluding carboxylic acids is 2. The highest BCUT2D eigenvalue weighted by atomic mass is 16.5. The maximum absolute atomic E-state index is 13.0. The number of nitrogens with one attached hydrogen (secondary N) is 2. The number of hydrogen-bond acceptors (Lipinski definition) is 5. The summed E-state index contributed by atoms with van der Waals surface area (Å²) in [4.78, 5) is 27.3. The van der Waals surface area contributed by atoms with Gasteiger partial charge in [0.25, 0.3) is 0 Å². The van der Waals surface area contributed by atoms with Gasteiger partial charge in [-0.05, 0) is 48.6 Å². The van der Waals surface area contributed by atoms with Gasteiger partial charge in [0.2, 0.25) is 0 Å². The van der Waals surface area contributed by atoms with E-state index < -0.39 is 0 Å². The SMILES string of the molecule is COCC(CC(=O)OC)c1ccc(N(CC(C)C)CC(C)C)c(NC(=O)Nc2ccc(C)cc2)c1. The number of ether oxygens (including phenoxy) is 2. The van der Waals surface area contributed by atoms with Crippen LogP contribution < -0.4 is 15.5 Å². The lowest BCUT2D eigenvalue weighted by molar-refractivity contribution is -0.141. The average molecular weight is 484 g/mol. The summed E-state index contributed by atoms with van der Waals surface area (Å²) < 4.78 is 10.3. The first-order valence-corrected chi connectivity index (χ1v) is 12.2. The number of urea groups is 1. The van der Waals surface area contributed by atoms with E-state index in [1.54, 1.807) is 7.11 Å². The van der Waals surface area contributed by atoms with E-state index in [-0.39, 0.29) is 24.3 Å². The monoisotopic (exact) mass is 483 g/mol. The summed E-state index contributed by atoms with van der Waals surface area (Å²) in [6.45, 7) is 12.8. The molecule has 0 saturated carbocycles. The zero-order valence-electron chi connectivity index (χ0n) is 22.2. The van der Waals surface area contributed by atoms with Crippen LogP contribution in [-0.4, -0.2) is 45.9 Å². The molecule has 0 aliphatic heterocycles. The van der Waals surface area contributed by atoms with Crippen LogP contribution in [0.1, 0.15) is 51.2 Å². The summed E-state index contributed by atoms with van der Waals surface area (Å²) in [6, 6.07) is 13.3. The van der Waals surface area contributed by atoms with E-state index >= 15 is 0 Å². The summed E-state index contributed by atoms with van der Waals surface area (Å²) >= 11 is 0. The minimum Gasteiger partial charge on any atom is -0.469 e. The molecule has 0 aliphatic rings. The molecule has 1 unspecified atom stereocenters. The minimum atomic E-state index is -0.322. The molecule has 2 N–H and O–H groups in total. The van der Waals surface area contributed by atoms with Crippen LogP contribution in [0.5, 0.6) is 0 Å². The third kappa shape index (κ3) is 9.25. The standard InChI is InChI=1S/C28H41N3O4/c1-19(2)16-31(17-20(3)4)26-13-10-22(23(18-34-6)15-27(32)35-7)14-25(26)30-28(33)29-24-11-8-21(5)9-12-24/h8-14,19-20,23H,15-18H2,1-7H3,(H2,29,30,33). The fourth-order valence-corrected chi connectivity index (χ4v) is 4.02. The van der Waals surface area contributed by atoms with E-state index in [1.807, 2.05) is 49.4 Å². The molecule has 0 fully saturated rings. The average Bonchev–Trinajstić information content (AvgIpc) is 2.79. The van der Waals surface area contributed by atoms with Crippen molar-refractivity contribution in [3.05, 3.63) is 53.6 Å². The molecule has 0 bridgehead atoms. The molecular weight excluding hydrogens is 442 g/mol. The number of rotatable bonds is 12. The highest BCUT2D eigenvalue weighted by Gasteiger charge is 2.21. The van der Waals surface area contributed by atoms with Crippen LogP contribution in [0.3, 0.4) is 0 Å². The van der Waals surface area contributed by atoms with E-state index in [1.165, 1.54) is 7.11 Å². The summed E-state index contributed by atoms with van der Waals surface area (Å²) in [5, 5.41) is 5.97. The van der Waals surface area contributed by atoms with Gasteiger partial charge in [0.15, 0.2) is 0 Å². The van der Waals surface area contributed by atoms with Gasteiger partial charge in [-0.3, -0.25) is 4.79 Å². The number of anilines is 3. The fraction of sp³-hybridized carbons (Fsp3) is 0.500. The van der Waals surface area contributed by atoms with Crippen molar-refractivity contribution in [1.29, 1.82) is 0 Å². The first-order chi connectivity index (χ1) is 16.6. The van der Waals surface area contributed by atoms with Gasteiger partial charge in [0.1, 0.15) is 0 Å². The van der Waals surface area contributed by atoms with Gasteiger partial charge < -0.3 is 25.0 Å². The summed E-state index contributed by atoms with van der Waals surface area (Å²) in [5.74, 6) is 0.404. The summed E-state index contributed by atoms with van der Waals surface area (Å²) in [5.41, 5.74) is 4.39. The van der Waals surface area contributed by atoms with Crippen LogP contribution in [0.15, 0.2) is 42.5 Å². The smallest absolute Gasteiger partial charge is 0.323 e. The van der Waals surface area contributed by atoms with Gasteiger partial charge in [0.05, 0.1) is 31.5 Å². The van der Waals surface area contributed by atoms with Crippen molar-refractivity contribution in [2.45, 2.75) is 47.0 Å². The number of hydrogen-bond donors (Lipinski definition) is 2. The minimum absolute atomic E-state index is 0.189. The number of methoxy groups -OCH3 is 2. The lowest BCUT2D eigenvalue weighted by Gasteiger charge is -2.31. The molecule has 0 heterocycles. The molecule has 0 radical (unpaired) electrons. The molecule has 7 heteroatoms. The van der Waals surface area contributed by atoms with Gasteiger partial charge >= 0.3 is 12.0 Å². The third-order valence-electron chi connectivity index (χ3n) is 5.57. The Morgan fingerprint density at radius 1 is 0.914 bits per heavy atom. The number of carbonyl (C=O) groups is 2. The second-order valence-corrected chi connectivity index (χ2v) is 9.85. The number of benzene rings is 2. The van der Waals surface area contributed by atoms with Crippen molar-refractivity contribution in [3.63, 3.8) is 0 Å². The molecule has 2 aromatic carbocycles. The maximum Gasteiger partial charge on any atom is 0.323 e. The Kier molecular flexibility index (Phi) is 11.1. The molecule has 0 aromatic heterocycles. The van der Waals surface area contributed by atoms with Crippen LogP contribution in [-0.2, 0) is 14.3 Å². The molecule has 35 heavy (non-hydrogen) atoms. The molecule has 2 aromatic rings. The molecule has 0 aliphatic carbocycles. The molecule has 0 spiro atoms. The molecule has 2 rings (SSSR count).